The summed E-state index contributed by atoms with van der Waals surface area (Å²) in [5, 5.41) is 4.05. The van der Waals surface area contributed by atoms with Crippen LogP contribution in [0.25, 0.3) is 11.5 Å². The molecule has 0 radical (unpaired) electrons. The van der Waals surface area contributed by atoms with E-state index in [-0.39, 0.29) is 0 Å². The maximum absolute atomic E-state index is 5.39. The van der Waals surface area contributed by atoms with E-state index in [0.29, 0.717) is 17.6 Å². The number of nitrogens with zero attached hydrogens (tertiary/aromatic N) is 4. The lowest BCUT2D eigenvalue weighted by Crippen LogP contribution is -2.34. The SMILES string of the molecule is C#CCN1CCC(Cc2nc(-c3cccc(C)n3)no2)CC1. The molecule has 1 aliphatic heterocycles. The average molecular weight is 296 g/mol. The first-order valence-electron chi connectivity index (χ1n) is 7.67. The molecule has 5 heteroatoms. The van der Waals surface area contributed by atoms with Crippen LogP contribution in [0.3, 0.4) is 0 Å². The second kappa shape index (κ2) is 6.71. The van der Waals surface area contributed by atoms with Crippen molar-refractivity contribution in [3.8, 4) is 23.9 Å². The summed E-state index contributed by atoms with van der Waals surface area (Å²) in [4.78, 5) is 11.2. The minimum Gasteiger partial charge on any atom is -0.339 e. The number of aryl methyl sites for hydroxylation is 1. The van der Waals surface area contributed by atoms with Gasteiger partial charge in [-0.2, -0.15) is 4.98 Å². The molecule has 1 aliphatic rings. The van der Waals surface area contributed by atoms with E-state index in [0.717, 1.165) is 50.3 Å². The molecule has 22 heavy (non-hydrogen) atoms. The fraction of sp³-hybridized carbons (Fsp3) is 0.471. The van der Waals surface area contributed by atoms with Crippen molar-refractivity contribution >= 4 is 0 Å². The predicted octanol–water partition coefficient (Wildman–Crippen LogP) is 2.33. The van der Waals surface area contributed by atoms with Gasteiger partial charge in [-0.3, -0.25) is 4.90 Å². The molecule has 3 heterocycles. The van der Waals surface area contributed by atoms with Gasteiger partial charge in [0.15, 0.2) is 0 Å². The molecule has 2 aromatic heterocycles. The molecule has 5 nitrogen and oxygen atoms in total. The predicted molar refractivity (Wildman–Crippen MR) is 84.0 cm³/mol. The lowest BCUT2D eigenvalue weighted by atomic mass is 9.93. The minimum absolute atomic E-state index is 0.573. The Morgan fingerprint density at radius 2 is 2.14 bits per heavy atom. The van der Waals surface area contributed by atoms with Gasteiger partial charge in [0.05, 0.1) is 6.54 Å². The molecule has 0 amide bonds. The lowest BCUT2D eigenvalue weighted by Gasteiger charge is -2.29. The van der Waals surface area contributed by atoms with Crippen LogP contribution in [0.1, 0.15) is 24.4 Å². The van der Waals surface area contributed by atoms with Gasteiger partial charge in [0.2, 0.25) is 11.7 Å². The second-order valence-electron chi connectivity index (χ2n) is 5.80. The first-order chi connectivity index (χ1) is 10.7. The van der Waals surface area contributed by atoms with E-state index in [1.165, 1.54) is 0 Å². The van der Waals surface area contributed by atoms with Crippen molar-refractivity contribution in [1.82, 2.24) is 20.0 Å². The standard InChI is InChI=1S/C17H20N4O/c1-3-9-21-10-7-14(8-11-21)12-16-19-17(20-22-16)15-6-4-5-13(2)18-15/h1,4-6,14H,7-12H2,2H3. The summed E-state index contributed by atoms with van der Waals surface area (Å²) in [5.74, 6) is 4.57. The zero-order chi connectivity index (χ0) is 15.4. The van der Waals surface area contributed by atoms with Gasteiger partial charge in [-0.05, 0) is 50.9 Å². The number of likely N-dealkylation sites (tertiary alicyclic amines) is 1. The third-order valence-electron chi connectivity index (χ3n) is 4.07. The molecule has 0 atom stereocenters. The highest BCUT2D eigenvalue weighted by atomic mass is 16.5. The fourth-order valence-corrected chi connectivity index (χ4v) is 2.83. The number of piperidine rings is 1. The van der Waals surface area contributed by atoms with Crippen LogP contribution in [0.5, 0.6) is 0 Å². The number of aromatic nitrogens is 3. The van der Waals surface area contributed by atoms with Crippen LogP contribution in [0.4, 0.5) is 0 Å². The summed E-state index contributed by atoms with van der Waals surface area (Å²) in [7, 11) is 0. The molecule has 114 valence electrons. The van der Waals surface area contributed by atoms with Crippen LogP contribution in [0.2, 0.25) is 0 Å². The molecule has 1 saturated heterocycles. The monoisotopic (exact) mass is 296 g/mol. The molecular weight excluding hydrogens is 276 g/mol. The van der Waals surface area contributed by atoms with Gasteiger partial charge in [-0.1, -0.05) is 17.1 Å². The molecule has 1 fully saturated rings. The van der Waals surface area contributed by atoms with Crippen molar-refractivity contribution in [2.75, 3.05) is 19.6 Å². The van der Waals surface area contributed by atoms with Gasteiger partial charge in [-0.25, -0.2) is 4.98 Å². The van der Waals surface area contributed by atoms with E-state index >= 15 is 0 Å². The van der Waals surface area contributed by atoms with Crippen LogP contribution in [-0.2, 0) is 6.42 Å². The summed E-state index contributed by atoms with van der Waals surface area (Å²) >= 11 is 0. The molecule has 0 N–H and O–H groups in total. The first-order valence-corrected chi connectivity index (χ1v) is 7.67. The maximum Gasteiger partial charge on any atom is 0.227 e. The highest BCUT2D eigenvalue weighted by Crippen LogP contribution is 2.22. The third-order valence-corrected chi connectivity index (χ3v) is 4.07. The van der Waals surface area contributed by atoms with Gasteiger partial charge in [0.1, 0.15) is 5.69 Å². The molecular formula is C17H20N4O. The number of hydrogen-bond donors (Lipinski definition) is 0. The molecule has 0 unspecified atom stereocenters. The normalized spacial score (nSPS) is 16.5. The van der Waals surface area contributed by atoms with E-state index in [9.17, 15) is 0 Å². The van der Waals surface area contributed by atoms with E-state index in [1.807, 2.05) is 25.1 Å². The van der Waals surface area contributed by atoms with E-state index in [4.69, 9.17) is 10.9 Å². The topological polar surface area (TPSA) is 55.1 Å². The molecule has 0 aliphatic carbocycles. The molecule has 0 bridgehead atoms. The van der Waals surface area contributed by atoms with Crippen molar-refractivity contribution in [3.05, 3.63) is 29.8 Å². The highest BCUT2D eigenvalue weighted by molar-refractivity contribution is 5.47. The summed E-state index contributed by atoms with van der Waals surface area (Å²) in [5.41, 5.74) is 1.71. The Hall–Kier alpha value is -2.19. The average Bonchev–Trinajstić information content (AvgIpc) is 2.98. The van der Waals surface area contributed by atoms with Gasteiger partial charge in [-0.15, -0.1) is 6.42 Å². The Morgan fingerprint density at radius 3 is 2.86 bits per heavy atom. The number of terminal acetylenes is 1. The van der Waals surface area contributed by atoms with Crippen LogP contribution in [-0.4, -0.2) is 39.7 Å². The van der Waals surface area contributed by atoms with E-state index in [2.05, 4.69) is 25.9 Å². The maximum atomic E-state index is 5.39. The van der Waals surface area contributed by atoms with Crippen molar-refractivity contribution in [2.24, 2.45) is 5.92 Å². The number of rotatable bonds is 4. The van der Waals surface area contributed by atoms with Crippen molar-refractivity contribution in [2.45, 2.75) is 26.2 Å². The van der Waals surface area contributed by atoms with Crippen molar-refractivity contribution < 1.29 is 4.52 Å². The molecule has 3 rings (SSSR count). The lowest BCUT2D eigenvalue weighted by molar-refractivity contribution is 0.194. The summed E-state index contributed by atoms with van der Waals surface area (Å²) < 4.78 is 5.39. The van der Waals surface area contributed by atoms with Crippen LogP contribution >= 0.6 is 0 Å². The zero-order valence-electron chi connectivity index (χ0n) is 12.8. The smallest absolute Gasteiger partial charge is 0.227 e. The summed E-state index contributed by atoms with van der Waals surface area (Å²) in [6, 6.07) is 5.81. The number of hydrogen-bond acceptors (Lipinski definition) is 5. The minimum atomic E-state index is 0.573. The first kappa shape index (κ1) is 14.7. The molecule has 0 saturated carbocycles. The Labute approximate surface area is 130 Å². The fourth-order valence-electron chi connectivity index (χ4n) is 2.83. The molecule has 0 spiro atoms. The van der Waals surface area contributed by atoms with Crippen LogP contribution in [0, 0.1) is 25.2 Å². The van der Waals surface area contributed by atoms with Gasteiger partial charge in [0.25, 0.3) is 0 Å². The van der Waals surface area contributed by atoms with Crippen molar-refractivity contribution in [1.29, 1.82) is 0 Å². The van der Waals surface area contributed by atoms with E-state index in [1.54, 1.807) is 0 Å². The van der Waals surface area contributed by atoms with Gasteiger partial charge >= 0.3 is 0 Å². The van der Waals surface area contributed by atoms with Crippen LogP contribution < -0.4 is 0 Å². The summed E-state index contributed by atoms with van der Waals surface area (Å²) in [6.07, 6.45) is 8.45. The van der Waals surface area contributed by atoms with Gasteiger partial charge in [0, 0.05) is 12.1 Å². The van der Waals surface area contributed by atoms with Crippen molar-refractivity contribution in [3.63, 3.8) is 0 Å². The molecule has 2 aromatic rings. The van der Waals surface area contributed by atoms with E-state index < -0.39 is 0 Å². The second-order valence-corrected chi connectivity index (χ2v) is 5.80. The van der Waals surface area contributed by atoms with Crippen LogP contribution in [0.15, 0.2) is 22.7 Å². The van der Waals surface area contributed by atoms with Gasteiger partial charge < -0.3 is 4.52 Å². The molecule has 0 aromatic carbocycles. The Kier molecular flexibility index (Phi) is 4.50. The zero-order valence-corrected chi connectivity index (χ0v) is 12.8. The largest absolute Gasteiger partial charge is 0.339 e. The number of pyridine rings is 1. The highest BCUT2D eigenvalue weighted by Gasteiger charge is 2.21. The quantitative estimate of drug-likeness (QED) is 0.811. The Morgan fingerprint density at radius 1 is 1.32 bits per heavy atom. The summed E-state index contributed by atoms with van der Waals surface area (Å²) in [6.45, 7) is 4.80. The Bertz CT molecular complexity index is 665. The Balaban J connectivity index is 1.60. The third kappa shape index (κ3) is 3.52.